The van der Waals surface area contributed by atoms with Gasteiger partial charge in [-0.2, -0.15) is 0 Å². The predicted molar refractivity (Wildman–Crippen MR) is 151 cm³/mol. The summed E-state index contributed by atoms with van der Waals surface area (Å²) >= 11 is 6.26. The van der Waals surface area contributed by atoms with E-state index in [9.17, 15) is 9.59 Å². The zero-order valence-corrected chi connectivity index (χ0v) is 20.6. The molecule has 0 aliphatic carbocycles. The number of ketones is 1. The lowest BCUT2D eigenvalue weighted by atomic mass is 9.94. The Balaban J connectivity index is 1.70. The van der Waals surface area contributed by atoms with Gasteiger partial charge in [0.1, 0.15) is 0 Å². The van der Waals surface area contributed by atoms with Crippen molar-refractivity contribution in [2.24, 2.45) is 10.7 Å². The first-order valence-electron chi connectivity index (χ1n) is 11.7. The minimum absolute atomic E-state index is 0.0734. The van der Waals surface area contributed by atoms with Crippen molar-refractivity contribution < 1.29 is 4.79 Å². The second-order valence-electron chi connectivity index (χ2n) is 8.24. The Hall–Kier alpha value is -4.22. The number of rotatable bonds is 8. The summed E-state index contributed by atoms with van der Waals surface area (Å²) < 4.78 is 0. The van der Waals surface area contributed by atoms with Crippen LogP contribution in [0.15, 0.2) is 94.9 Å². The second kappa shape index (κ2) is 11.5. The van der Waals surface area contributed by atoms with Crippen LogP contribution in [0.25, 0.3) is 33.7 Å². The zero-order valence-electron chi connectivity index (χ0n) is 19.9. The standard InChI is InChI=1S/C30H26ClN3O2/c1-2-16-33-19-23(18-32)21-11-8-20(9-12-21)10-15-27(35)29-28(22-6-4-3-5-7-22)25-17-24(31)13-14-26(25)34-30(29)36/h3-15,17-19H,2,16,32H2,1H3,(H,34,36)/b15-10+,23-18?,33-19?. The van der Waals surface area contributed by atoms with Crippen molar-refractivity contribution in [1.29, 1.82) is 0 Å². The highest BCUT2D eigenvalue weighted by Gasteiger charge is 2.19. The van der Waals surface area contributed by atoms with Crippen molar-refractivity contribution in [3.05, 3.63) is 117 Å². The number of hydrogen-bond donors (Lipinski definition) is 2. The number of benzene rings is 3. The SMILES string of the molecule is CCCN=CC(=CN)c1ccc(/C=C/C(=O)c2c(-c3ccccc3)c3cc(Cl)ccc3[nH]c2=O)cc1. The van der Waals surface area contributed by atoms with Gasteiger partial charge in [-0.05, 0) is 47.4 Å². The smallest absolute Gasteiger partial charge is 0.260 e. The lowest BCUT2D eigenvalue weighted by molar-refractivity contribution is 0.104. The van der Waals surface area contributed by atoms with E-state index in [1.807, 2.05) is 54.6 Å². The Morgan fingerprint density at radius 2 is 1.81 bits per heavy atom. The molecule has 1 aromatic heterocycles. The molecule has 0 atom stereocenters. The van der Waals surface area contributed by atoms with Crippen molar-refractivity contribution in [3.63, 3.8) is 0 Å². The fourth-order valence-electron chi connectivity index (χ4n) is 3.95. The number of H-pyrrole nitrogens is 1. The summed E-state index contributed by atoms with van der Waals surface area (Å²) in [6.45, 7) is 2.81. The van der Waals surface area contributed by atoms with Crippen LogP contribution in [0.2, 0.25) is 5.02 Å². The molecule has 0 spiro atoms. The topological polar surface area (TPSA) is 88.3 Å². The van der Waals surface area contributed by atoms with E-state index in [0.717, 1.165) is 35.2 Å². The number of aromatic nitrogens is 1. The maximum Gasteiger partial charge on any atom is 0.260 e. The molecule has 0 radical (unpaired) electrons. The molecule has 3 aromatic carbocycles. The van der Waals surface area contributed by atoms with Crippen LogP contribution < -0.4 is 11.3 Å². The van der Waals surface area contributed by atoms with Crippen molar-refractivity contribution in [2.75, 3.05) is 6.54 Å². The Labute approximate surface area is 214 Å². The van der Waals surface area contributed by atoms with Crippen molar-refractivity contribution in [2.45, 2.75) is 13.3 Å². The van der Waals surface area contributed by atoms with Gasteiger partial charge in [-0.1, -0.05) is 79.2 Å². The first-order chi connectivity index (χ1) is 17.5. The lowest BCUT2D eigenvalue weighted by Crippen LogP contribution is -2.18. The fraction of sp³-hybridized carbons (Fsp3) is 0.100. The summed E-state index contributed by atoms with van der Waals surface area (Å²) in [5.41, 5.74) is 9.90. The van der Waals surface area contributed by atoms with Crippen LogP contribution in [0.5, 0.6) is 0 Å². The number of nitrogens with two attached hydrogens (primary N) is 1. The molecule has 36 heavy (non-hydrogen) atoms. The van der Waals surface area contributed by atoms with Crippen molar-refractivity contribution >= 4 is 46.2 Å². The monoisotopic (exact) mass is 495 g/mol. The number of pyridine rings is 1. The molecule has 0 bridgehead atoms. The van der Waals surface area contributed by atoms with Gasteiger partial charge < -0.3 is 10.7 Å². The van der Waals surface area contributed by atoms with E-state index >= 15 is 0 Å². The molecule has 0 saturated carbocycles. The molecule has 0 saturated heterocycles. The van der Waals surface area contributed by atoms with Crippen LogP contribution in [0, 0.1) is 0 Å². The molecule has 6 heteroatoms. The molecule has 0 aliphatic rings. The first-order valence-corrected chi connectivity index (χ1v) is 12.0. The first kappa shape index (κ1) is 24.9. The largest absolute Gasteiger partial charge is 0.404 e. The summed E-state index contributed by atoms with van der Waals surface area (Å²) in [6.07, 6.45) is 7.37. The molecule has 0 amide bonds. The minimum Gasteiger partial charge on any atom is -0.404 e. The number of carbonyl (C=O) groups excluding carboxylic acids is 1. The number of fused-ring (bicyclic) bond motifs is 1. The van der Waals surface area contributed by atoms with Gasteiger partial charge in [0.2, 0.25) is 0 Å². The van der Waals surface area contributed by atoms with E-state index in [0.29, 0.717) is 21.5 Å². The third-order valence-corrected chi connectivity index (χ3v) is 5.95. The number of allylic oxidation sites excluding steroid dienone is 2. The number of aromatic amines is 1. The van der Waals surface area contributed by atoms with E-state index in [-0.39, 0.29) is 5.56 Å². The maximum atomic E-state index is 13.3. The van der Waals surface area contributed by atoms with Gasteiger partial charge in [-0.3, -0.25) is 14.6 Å². The van der Waals surface area contributed by atoms with E-state index in [4.69, 9.17) is 17.3 Å². The highest BCUT2D eigenvalue weighted by molar-refractivity contribution is 6.31. The van der Waals surface area contributed by atoms with Gasteiger partial charge in [-0.15, -0.1) is 0 Å². The molecule has 4 aromatic rings. The lowest BCUT2D eigenvalue weighted by Gasteiger charge is -2.11. The third kappa shape index (κ3) is 5.53. The molecule has 5 nitrogen and oxygen atoms in total. The Morgan fingerprint density at radius 3 is 2.50 bits per heavy atom. The molecule has 1 heterocycles. The van der Waals surface area contributed by atoms with Gasteiger partial charge in [0.25, 0.3) is 5.56 Å². The average Bonchev–Trinajstić information content (AvgIpc) is 2.90. The zero-order chi connectivity index (χ0) is 25.5. The van der Waals surface area contributed by atoms with Gasteiger partial charge in [0.15, 0.2) is 5.78 Å². The number of nitrogens with zero attached hydrogens (tertiary/aromatic N) is 1. The van der Waals surface area contributed by atoms with Crippen LogP contribution in [0.4, 0.5) is 0 Å². The number of aliphatic imine (C=N–C) groups is 1. The van der Waals surface area contributed by atoms with E-state index in [2.05, 4.69) is 16.9 Å². The highest BCUT2D eigenvalue weighted by Crippen LogP contribution is 2.31. The van der Waals surface area contributed by atoms with Crippen molar-refractivity contribution in [1.82, 2.24) is 4.98 Å². The number of nitrogens with one attached hydrogen (secondary N) is 1. The van der Waals surface area contributed by atoms with Gasteiger partial charge in [0.05, 0.1) is 5.56 Å². The van der Waals surface area contributed by atoms with Crippen LogP contribution in [-0.2, 0) is 0 Å². The third-order valence-electron chi connectivity index (χ3n) is 5.72. The Kier molecular flexibility index (Phi) is 7.93. The van der Waals surface area contributed by atoms with E-state index < -0.39 is 11.3 Å². The number of hydrogen-bond acceptors (Lipinski definition) is 4. The fourth-order valence-corrected chi connectivity index (χ4v) is 4.12. The van der Waals surface area contributed by atoms with Crippen molar-refractivity contribution in [3.8, 4) is 11.1 Å². The molecular formula is C30H26ClN3O2. The quantitative estimate of drug-likeness (QED) is 0.165. The summed E-state index contributed by atoms with van der Waals surface area (Å²) in [4.78, 5) is 33.6. The van der Waals surface area contributed by atoms with Crippen LogP contribution in [0.1, 0.15) is 34.8 Å². The summed E-state index contributed by atoms with van der Waals surface area (Å²) in [6, 6.07) is 22.2. The molecular weight excluding hydrogens is 470 g/mol. The molecule has 4 rings (SSSR count). The summed E-state index contributed by atoms with van der Waals surface area (Å²) in [7, 11) is 0. The maximum absolute atomic E-state index is 13.3. The molecule has 0 unspecified atom stereocenters. The van der Waals surface area contributed by atoms with Crippen LogP contribution >= 0.6 is 11.6 Å². The summed E-state index contributed by atoms with van der Waals surface area (Å²) in [5.74, 6) is -0.393. The number of halogens is 1. The normalized spacial score (nSPS) is 12.1. The molecule has 0 aliphatic heterocycles. The molecule has 3 N–H and O–H groups in total. The minimum atomic E-state index is -0.447. The number of carbonyl (C=O) groups is 1. The summed E-state index contributed by atoms with van der Waals surface area (Å²) in [5, 5.41) is 1.23. The van der Waals surface area contributed by atoms with Gasteiger partial charge in [0, 0.05) is 46.0 Å². The van der Waals surface area contributed by atoms with E-state index in [1.54, 1.807) is 30.5 Å². The van der Waals surface area contributed by atoms with Gasteiger partial charge in [-0.25, -0.2) is 0 Å². The van der Waals surface area contributed by atoms with Crippen LogP contribution in [0.3, 0.4) is 0 Å². The highest BCUT2D eigenvalue weighted by atomic mass is 35.5. The Morgan fingerprint density at radius 1 is 1.06 bits per heavy atom. The average molecular weight is 496 g/mol. The molecule has 0 fully saturated rings. The predicted octanol–water partition coefficient (Wildman–Crippen LogP) is 6.53. The molecule has 180 valence electrons. The van der Waals surface area contributed by atoms with Crippen LogP contribution in [-0.4, -0.2) is 23.5 Å². The van der Waals surface area contributed by atoms with Gasteiger partial charge >= 0.3 is 0 Å². The van der Waals surface area contributed by atoms with E-state index in [1.165, 1.54) is 12.3 Å². The Bertz CT molecular complexity index is 1530. The second-order valence-corrected chi connectivity index (χ2v) is 8.67.